The molecule has 1 amide bonds. The van der Waals surface area contributed by atoms with Crippen LogP contribution >= 0.6 is 0 Å². The van der Waals surface area contributed by atoms with E-state index in [0.717, 1.165) is 50.4 Å². The Balaban J connectivity index is 1.85. The monoisotopic (exact) mass is 279 g/mol. The third-order valence-electron chi connectivity index (χ3n) is 3.77. The number of likely N-dealkylation sites (tertiary alicyclic amines) is 1. The van der Waals surface area contributed by atoms with Gasteiger partial charge in [0.15, 0.2) is 0 Å². The van der Waals surface area contributed by atoms with E-state index in [1.165, 1.54) is 0 Å². The van der Waals surface area contributed by atoms with Crippen molar-refractivity contribution in [2.45, 2.75) is 32.7 Å². The number of nitrogens with one attached hydrogen (secondary N) is 1. The molecule has 0 aliphatic carbocycles. The molecule has 1 aromatic heterocycles. The number of furan rings is 1. The van der Waals surface area contributed by atoms with Crippen LogP contribution in [0.4, 0.5) is 0 Å². The molecule has 2 rings (SSSR count). The maximum atomic E-state index is 12.0. The Morgan fingerprint density at radius 3 is 3.00 bits per heavy atom. The van der Waals surface area contributed by atoms with Gasteiger partial charge in [0.2, 0.25) is 5.91 Å². The summed E-state index contributed by atoms with van der Waals surface area (Å²) in [6.45, 7) is 5.77. The number of nitrogens with two attached hydrogens (primary N) is 1. The summed E-state index contributed by atoms with van der Waals surface area (Å²) in [5, 5.41) is 2.89. The van der Waals surface area contributed by atoms with Gasteiger partial charge in [-0.2, -0.15) is 0 Å². The van der Waals surface area contributed by atoms with E-state index in [-0.39, 0.29) is 11.8 Å². The predicted octanol–water partition coefficient (Wildman–Crippen LogP) is 1.13. The SMILES string of the molecule is CCc1ccc(CN2CCCC(C(=O)NCCN)C2)o1. The van der Waals surface area contributed by atoms with Crippen LogP contribution in [-0.2, 0) is 17.8 Å². The number of carbonyl (C=O) groups excluding carboxylic acids is 1. The van der Waals surface area contributed by atoms with Crippen LogP contribution in [0.25, 0.3) is 0 Å². The lowest BCUT2D eigenvalue weighted by Gasteiger charge is -2.31. The predicted molar refractivity (Wildman–Crippen MR) is 78.2 cm³/mol. The molecule has 0 radical (unpaired) electrons. The van der Waals surface area contributed by atoms with Crippen LogP contribution in [0.15, 0.2) is 16.5 Å². The Morgan fingerprint density at radius 1 is 1.50 bits per heavy atom. The van der Waals surface area contributed by atoms with Gasteiger partial charge < -0.3 is 15.5 Å². The Labute approximate surface area is 120 Å². The van der Waals surface area contributed by atoms with Gasteiger partial charge in [0.1, 0.15) is 11.5 Å². The number of hydrogen-bond donors (Lipinski definition) is 2. The average Bonchev–Trinajstić information content (AvgIpc) is 2.92. The molecular weight excluding hydrogens is 254 g/mol. The van der Waals surface area contributed by atoms with E-state index in [4.69, 9.17) is 10.2 Å². The fourth-order valence-corrected chi connectivity index (χ4v) is 2.67. The summed E-state index contributed by atoms with van der Waals surface area (Å²) in [4.78, 5) is 14.3. The van der Waals surface area contributed by atoms with E-state index in [9.17, 15) is 4.79 Å². The first-order chi connectivity index (χ1) is 9.72. The third kappa shape index (κ3) is 4.08. The smallest absolute Gasteiger partial charge is 0.224 e. The number of amides is 1. The van der Waals surface area contributed by atoms with Crippen molar-refractivity contribution >= 4 is 5.91 Å². The number of nitrogens with zero attached hydrogens (tertiary/aromatic N) is 1. The first kappa shape index (κ1) is 15.1. The number of aryl methyl sites for hydroxylation is 1. The second-order valence-electron chi connectivity index (χ2n) is 5.38. The molecule has 5 nitrogen and oxygen atoms in total. The maximum Gasteiger partial charge on any atom is 0.224 e. The van der Waals surface area contributed by atoms with Crippen LogP contribution < -0.4 is 11.1 Å². The van der Waals surface area contributed by atoms with E-state index in [1.807, 2.05) is 12.1 Å². The fraction of sp³-hybridized carbons (Fsp3) is 0.667. The van der Waals surface area contributed by atoms with Crippen LogP contribution in [0.3, 0.4) is 0 Å². The van der Waals surface area contributed by atoms with Crippen LogP contribution in [0.5, 0.6) is 0 Å². The summed E-state index contributed by atoms with van der Waals surface area (Å²) in [5.74, 6) is 2.23. The lowest BCUT2D eigenvalue weighted by Crippen LogP contribution is -2.43. The molecular formula is C15H25N3O2. The molecule has 1 saturated heterocycles. The van der Waals surface area contributed by atoms with Gasteiger partial charge in [-0.05, 0) is 31.5 Å². The summed E-state index contributed by atoms with van der Waals surface area (Å²) >= 11 is 0. The van der Waals surface area contributed by atoms with Crippen molar-refractivity contribution in [3.63, 3.8) is 0 Å². The van der Waals surface area contributed by atoms with Crippen molar-refractivity contribution in [1.82, 2.24) is 10.2 Å². The number of hydrogen-bond acceptors (Lipinski definition) is 4. The van der Waals surface area contributed by atoms with Crippen molar-refractivity contribution in [2.75, 3.05) is 26.2 Å². The topological polar surface area (TPSA) is 71.5 Å². The Morgan fingerprint density at radius 2 is 2.30 bits per heavy atom. The van der Waals surface area contributed by atoms with Crippen LogP contribution in [-0.4, -0.2) is 37.0 Å². The summed E-state index contributed by atoms with van der Waals surface area (Å²) in [6, 6.07) is 4.07. The van der Waals surface area contributed by atoms with E-state index in [1.54, 1.807) is 0 Å². The molecule has 112 valence electrons. The van der Waals surface area contributed by atoms with Gasteiger partial charge in [-0.25, -0.2) is 0 Å². The van der Waals surface area contributed by atoms with Gasteiger partial charge in [0.05, 0.1) is 12.5 Å². The largest absolute Gasteiger partial charge is 0.465 e. The second-order valence-corrected chi connectivity index (χ2v) is 5.38. The van der Waals surface area contributed by atoms with Crippen molar-refractivity contribution in [2.24, 2.45) is 11.7 Å². The van der Waals surface area contributed by atoms with Gasteiger partial charge in [0, 0.05) is 26.1 Å². The fourth-order valence-electron chi connectivity index (χ4n) is 2.67. The Kier molecular flexibility index (Phi) is 5.61. The van der Waals surface area contributed by atoms with E-state index >= 15 is 0 Å². The Hall–Kier alpha value is -1.33. The third-order valence-corrected chi connectivity index (χ3v) is 3.77. The summed E-state index contributed by atoms with van der Waals surface area (Å²) in [7, 11) is 0. The molecule has 20 heavy (non-hydrogen) atoms. The van der Waals surface area contributed by atoms with Crippen molar-refractivity contribution in [3.05, 3.63) is 23.7 Å². The summed E-state index contributed by atoms with van der Waals surface area (Å²) in [5.41, 5.74) is 5.41. The van der Waals surface area contributed by atoms with Gasteiger partial charge in [0.25, 0.3) is 0 Å². The molecule has 0 saturated carbocycles. The molecule has 5 heteroatoms. The van der Waals surface area contributed by atoms with Gasteiger partial charge in [-0.15, -0.1) is 0 Å². The highest BCUT2D eigenvalue weighted by molar-refractivity contribution is 5.78. The minimum atomic E-state index is 0.0795. The number of piperidine rings is 1. The molecule has 1 aliphatic heterocycles. The molecule has 3 N–H and O–H groups in total. The minimum Gasteiger partial charge on any atom is -0.465 e. The molecule has 1 aliphatic rings. The second kappa shape index (κ2) is 7.45. The lowest BCUT2D eigenvalue weighted by atomic mass is 9.97. The van der Waals surface area contributed by atoms with Crippen molar-refractivity contribution < 1.29 is 9.21 Å². The molecule has 1 fully saturated rings. The summed E-state index contributed by atoms with van der Waals surface area (Å²) in [6.07, 6.45) is 2.94. The van der Waals surface area contributed by atoms with E-state index in [0.29, 0.717) is 13.1 Å². The number of rotatable bonds is 6. The zero-order valence-corrected chi connectivity index (χ0v) is 12.2. The van der Waals surface area contributed by atoms with Crippen molar-refractivity contribution in [3.8, 4) is 0 Å². The zero-order chi connectivity index (χ0) is 14.4. The van der Waals surface area contributed by atoms with E-state index < -0.39 is 0 Å². The highest BCUT2D eigenvalue weighted by Crippen LogP contribution is 2.19. The van der Waals surface area contributed by atoms with Crippen LogP contribution in [0.1, 0.15) is 31.3 Å². The van der Waals surface area contributed by atoms with Gasteiger partial charge in [-0.1, -0.05) is 6.92 Å². The Bertz CT molecular complexity index is 431. The highest BCUT2D eigenvalue weighted by Gasteiger charge is 2.25. The lowest BCUT2D eigenvalue weighted by molar-refractivity contribution is -0.126. The average molecular weight is 279 g/mol. The minimum absolute atomic E-state index is 0.0795. The molecule has 0 aromatic carbocycles. The molecule has 2 heterocycles. The van der Waals surface area contributed by atoms with Gasteiger partial charge >= 0.3 is 0 Å². The van der Waals surface area contributed by atoms with Crippen molar-refractivity contribution in [1.29, 1.82) is 0 Å². The quantitative estimate of drug-likeness (QED) is 0.819. The first-order valence-corrected chi connectivity index (χ1v) is 7.50. The standard InChI is InChI=1S/C15H25N3O2/c1-2-13-5-6-14(20-13)11-18-9-3-4-12(10-18)15(19)17-8-7-16/h5-6,12H,2-4,7-11,16H2,1H3,(H,17,19). The van der Waals surface area contributed by atoms with Crippen LogP contribution in [0, 0.1) is 5.92 Å². The maximum absolute atomic E-state index is 12.0. The molecule has 0 spiro atoms. The first-order valence-electron chi connectivity index (χ1n) is 7.50. The molecule has 0 bridgehead atoms. The number of carbonyl (C=O) groups is 1. The van der Waals surface area contributed by atoms with Crippen LogP contribution in [0.2, 0.25) is 0 Å². The van der Waals surface area contributed by atoms with E-state index in [2.05, 4.69) is 17.1 Å². The zero-order valence-electron chi connectivity index (χ0n) is 12.2. The van der Waals surface area contributed by atoms with Gasteiger partial charge in [-0.3, -0.25) is 9.69 Å². The normalized spacial score (nSPS) is 20.0. The molecule has 1 unspecified atom stereocenters. The highest BCUT2D eigenvalue weighted by atomic mass is 16.3. The summed E-state index contributed by atoms with van der Waals surface area (Å²) < 4.78 is 5.74. The molecule has 1 aromatic rings. The molecule has 1 atom stereocenters.